The third-order valence-electron chi connectivity index (χ3n) is 3.69. The molecule has 0 aliphatic rings. The van der Waals surface area contributed by atoms with Crippen molar-refractivity contribution >= 4 is 52.6 Å². The zero-order chi connectivity index (χ0) is 17.8. The lowest BCUT2D eigenvalue weighted by atomic mass is 10.1. The van der Waals surface area contributed by atoms with Gasteiger partial charge < -0.3 is 15.6 Å². The summed E-state index contributed by atoms with van der Waals surface area (Å²) in [7, 11) is 0. The van der Waals surface area contributed by atoms with Crippen molar-refractivity contribution in [2.75, 3.05) is 11.1 Å². The maximum absolute atomic E-state index is 12.5. The van der Waals surface area contributed by atoms with E-state index in [1.807, 2.05) is 18.2 Å². The fourth-order valence-corrected chi connectivity index (χ4v) is 3.89. The van der Waals surface area contributed by atoms with Crippen LogP contribution in [0.25, 0.3) is 0 Å². The number of anilines is 2. The number of hydrogen-bond acceptors (Lipinski definition) is 4. The lowest BCUT2D eigenvalue weighted by molar-refractivity contribution is 0.103. The van der Waals surface area contributed by atoms with E-state index in [0.717, 1.165) is 6.42 Å². The van der Waals surface area contributed by atoms with Gasteiger partial charge in [0.25, 0.3) is 5.91 Å². The number of halogens is 1. The van der Waals surface area contributed by atoms with E-state index in [2.05, 4.69) is 17.4 Å². The molecule has 0 unspecified atom stereocenters. The number of aryl methyl sites for hydroxylation is 1. The summed E-state index contributed by atoms with van der Waals surface area (Å²) >= 11 is 12.5. The van der Waals surface area contributed by atoms with Gasteiger partial charge in [0.1, 0.15) is 10.7 Å². The molecular formula is C18H16ClN3OS2. The Bertz CT molecular complexity index is 950. The van der Waals surface area contributed by atoms with Gasteiger partial charge in [-0.1, -0.05) is 59.3 Å². The number of amides is 1. The minimum atomic E-state index is -0.283. The number of carbonyl (C=O) groups excluding carboxylic acids is 1. The number of nitrogens with one attached hydrogen (secondary N) is 1. The van der Waals surface area contributed by atoms with Gasteiger partial charge in [0.2, 0.25) is 0 Å². The molecule has 1 amide bonds. The summed E-state index contributed by atoms with van der Waals surface area (Å²) in [4.78, 5) is 12.9. The second-order valence-electron chi connectivity index (χ2n) is 5.43. The first kappa shape index (κ1) is 17.7. The number of nitrogens with zero attached hydrogens (tertiary/aromatic N) is 1. The molecule has 0 aliphatic carbocycles. The van der Waals surface area contributed by atoms with Crippen molar-refractivity contribution in [3.63, 3.8) is 0 Å². The van der Waals surface area contributed by atoms with Gasteiger partial charge >= 0.3 is 0 Å². The van der Waals surface area contributed by atoms with E-state index in [0.29, 0.717) is 31.9 Å². The van der Waals surface area contributed by atoms with Crippen molar-refractivity contribution < 1.29 is 4.79 Å². The second-order valence-corrected chi connectivity index (χ2v) is 7.51. The van der Waals surface area contributed by atoms with Gasteiger partial charge in [-0.25, -0.2) is 0 Å². The third-order valence-corrected chi connectivity index (χ3v) is 5.39. The lowest BCUT2D eigenvalue weighted by Gasteiger charge is -2.07. The minimum absolute atomic E-state index is 0.283. The van der Waals surface area contributed by atoms with Crippen LogP contribution in [0.5, 0.6) is 0 Å². The van der Waals surface area contributed by atoms with E-state index in [1.54, 1.807) is 28.8 Å². The van der Waals surface area contributed by atoms with Gasteiger partial charge in [-0.3, -0.25) is 4.79 Å². The molecule has 25 heavy (non-hydrogen) atoms. The van der Waals surface area contributed by atoms with Crippen LogP contribution in [0, 0.1) is 3.95 Å². The number of rotatable bonds is 5. The summed E-state index contributed by atoms with van der Waals surface area (Å²) < 4.78 is 2.39. The summed E-state index contributed by atoms with van der Waals surface area (Å²) in [6.45, 7) is 0.635. The Morgan fingerprint density at radius 2 is 1.96 bits per heavy atom. The maximum atomic E-state index is 12.5. The predicted molar refractivity (Wildman–Crippen MR) is 107 cm³/mol. The van der Waals surface area contributed by atoms with Crippen LogP contribution in [0.3, 0.4) is 0 Å². The van der Waals surface area contributed by atoms with Gasteiger partial charge in [-0.05, 0) is 42.4 Å². The van der Waals surface area contributed by atoms with Crippen molar-refractivity contribution in [1.29, 1.82) is 0 Å². The molecule has 3 N–H and O–H groups in total. The Labute approximate surface area is 159 Å². The largest absolute Gasteiger partial charge is 0.384 e. The van der Waals surface area contributed by atoms with E-state index >= 15 is 0 Å². The molecule has 3 aromatic rings. The number of hydrogen-bond donors (Lipinski definition) is 2. The zero-order valence-corrected chi connectivity index (χ0v) is 15.6. The van der Waals surface area contributed by atoms with Crippen molar-refractivity contribution in [1.82, 2.24) is 4.57 Å². The van der Waals surface area contributed by atoms with Crippen molar-refractivity contribution in [2.45, 2.75) is 13.0 Å². The number of benzene rings is 2. The molecule has 1 heterocycles. The van der Waals surface area contributed by atoms with E-state index in [9.17, 15) is 4.79 Å². The van der Waals surface area contributed by atoms with Gasteiger partial charge in [0.15, 0.2) is 3.95 Å². The van der Waals surface area contributed by atoms with E-state index < -0.39 is 0 Å². The molecule has 0 fully saturated rings. The molecule has 7 heteroatoms. The number of aromatic nitrogens is 1. The summed E-state index contributed by atoms with van der Waals surface area (Å²) in [5.41, 5.74) is 7.98. The molecule has 1 aromatic heterocycles. The predicted octanol–water partition coefficient (Wildman–Crippen LogP) is 5.01. The minimum Gasteiger partial charge on any atom is -0.384 e. The summed E-state index contributed by atoms with van der Waals surface area (Å²) in [5, 5.41) is 3.36. The van der Waals surface area contributed by atoms with Crippen LogP contribution < -0.4 is 11.1 Å². The highest BCUT2D eigenvalue weighted by Gasteiger charge is 2.17. The van der Waals surface area contributed by atoms with Gasteiger partial charge in [-0.2, -0.15) is 0 Å². The molecule has 0 spiro atoms. The monoisotopic (exact) mass is 389 g/mol. The topological polar surface area (TPSA) is 60.1 Å². The Balaban J connectivity index is 1.77. The van der Waals surface area contributed by atoms with Crippen LogP contribution in [-0.2, 0) is 13.0 Å². The van der Waals surface area contributed by atoms with E-state index in [1.165, 1.54) is 16.9 Å². The summed E-state index contributed by atoms with van der Waals surface area (Å²) in [6.07, 6.45) is 0.797. The van der Waals surface area contributed by atoms with Crippen LogP contribution in [0.1, 0.15) is 15.2 Å². The highest BCUT2D eigenvalue weighted by Crippen LogP contribution is 2.24. The van der Waals surface area contributed by atoms with Crippen LogP contribution in [0.15, 0.2) is 54.6 Å². The number of thiazole rings is 1. The molecule has 4 nitrogen and oxygen atoms in total. The van der Waals surface area contributed by atoms with Crippen LogP contribution >= 0.6 is 35.2 Å². The van der Waals surface area contributed by atoms with Crippen LogP contribution in [0.2, 0.25) is 5.02 Å². The van der Waals surface area contributed by atoms with Gasteiger partial charge in [0, 0.05) is 17.3 Å². The average Bonchev–Trinajstić information content (AvgIpc) is 2.88. The van der Waals surface area contributed by atoms with Crippen LogP contribution in [0.4, 0.5) is 11.5 Å². The first-order chi connectivity index (χ1) is 12.0. The average molecular weight is 390 g/mol. The number of nitrogen functional groups attached to an aromatic ring is 1. The molecule has 0 radical (unpaired) electrons. The third kappa shape index (κ3) is 4.28. The zero-order valence-electron chi connectivity index (χ0n) is 13.2. The van der Waals surface area contributed by atoms with E-state index in [-0.39, 0.29) is 5.91 Å². The highest BCUT2D eigenvalue weighted by molar-refractivity contribution is 7.73. The van der Waals surface area contributed by atoms with E-state index in [4.69, 9.17) is 29.6 Å². The first-order valence-electron chi connectivity index (χ1n) is 7.64. The fourth-order valence-electron chi connectivity index (χ4n) is 2.43. The van der Waals surface area contributed by atoms with Crippen LogP contribution in [-0.4, -0.2) is 10.5 Å². The Hall–Kier alpha value is -2.15. The quantitative estimate of drug-likeness (QED) is 0.603. The molecule has 128 valence electrons. The van der Waals surface area contributed by atoms with Crippen molar-refractivity contribution in [3.8, 4) is 0 Å². The molecule has 2 aromatic carbocycles. The molecule has 0 saturated heterocycles. The maximum Gasteiger partial charge on any atom is 0.269 e. The smallest absolute Gasteiger partial charge is 0.269 e. The number of nitrogens with two attached hydrogens (primary N) is 1. The molecule has 3 rings (SSSR count). The van der Waals surface area contributed by atoms with Crippen molar-refractivity contribution in [2.24, 2.45) is 0 Å². The Kier molecular flexibility index (Phi) is 5.53. The normalized spacial score (nSPS) is 10.6. The summed E-state index contributed by atoms with van der Waals surface area (Å²) in [5.74, 6) is 0.111. The highest BCUT2D eigenvalue weighted by atomic mass is 35.5. The van der Waals surface area contributed by atoms with Crippen molar-refractivity contribution in [3.05, 3.63) is 74.0 Å². The fraction of sp³-hybridized carbons (Fsp3) is 0.111. The molecule has 0 bridgehead atoms. The Morgan fingerprint density at radius 3 is 2.68 bits per heavy atom. The first-order valence-corrected chi connectivity index (χ1v) is 9.25. The summed E-state index contributed by atoms with van der Waals surface area (Å²) in [6, 6.07) is 17.0. The SMILES string of the molecule is Nc1c(C(=O)Nc2cccc(Cl)c2)sc(=S)n1CCc1ccccc1. The standard InChI is InChI=1S/C18H16ClN3OS2/c19-13-7-4-8-14(11-13)21-17(23)15-16(20)22(18(24)25-15)10-9-12-5-2-1-3-6-12/h1-8,11H,9-10,20H2,(H,21,23). The molecular weight excluding hydrogens is 374 g/mol. The Morgan fingerprint density at radius 1 is 1.20 bits per heavy atom. The molecule has 0 saturated carbocycles. The molecule has 0 atom stereocenters. The van der Waals surface area contributed by atoms with Gasteiger partial charge in [-0.15, -0.1) is 0 Å². The molecule has 0 aliphatic heterocycles. The van der Waals surface area contributed by atoms with Gasteiger partial charge in [0.05, 0.1) is 0 Å². The number of carbonyl (C=O) groups is 1. The lowest BCUT2D eigenvalue weighted by Crippen LogP contribution is -2.14. The second kappa shape index (κ2) is 7.82.